The van der Waals surface area contributed by atoms with Crippen LogP contribution in [0.25, 0.3) is 0 Å². The largest absolute Gasteiger partial charge is 0.347 e. The van der Waals surface area contributed by atoms with E-state index < -0.39 is 5.79 Å². The Balaban J connectivity index is 1.20. The van der Waals surface area contributed by atoms with Crippen LogP contribution in [0.3, 0.4) is 0 Å². The maximum Gasteiger partial charge on any atom is 0.317 e. The standard InChI is InChI=1S/C20H33N3O4/c24-18(22-12-8-20(9-13-22)26-14-15-27-20)16-6-10-23(11-7-16)19(25)21-17-4-2-1-3-5-17/h16-17H,1-15H2,(H,21,25). The fourth-order valence-corrected chi connectivity index (χ4v) is 4.95. The number of likely N-dealkylation sites (tertiary alicyclic amines) is 2. The molecule has 1 aliphatic carbocycles. The van der Waals surface area contributed by atoms with Gasteiger partial charge in [-0.2, -0.15) is 0 Å². The van der Waals surface area contributed by atoms with Crippen LogP contribution in [-0.2, 0) is 14.3 Å². The van der Waals surface area contributed by atoms with Gasteiger partial charge in [0.1, 0.15) is 0 Å². The Morgan fingerprint density at radius 2 is 1.44 bits per heavy atom. The van der Waals surface area contributed by atoms with Crippen molar-refractivity contribution in [2.45, 2.75) is 69.6 Å². The molecule has 3 aliphatic heterocycles. The second-order valence-corrected chi connectivity index (χ2v) is 8.48. The SMILES string of the molecule is O=C(NC1CCCCC1)N1CCC(C(=O)N2CCC3(CC2)OCCO3)CC1. The zero-order chi connectivity index (χ0) is 18.7. The predicted molar refractivity (Wildman–Crippen MR) is 100 cm³/mol. The van der Waals surface area contributed by atoms with Gasteiger partial charge in [-0.3, -0.25) is 4.79 Å². The van der Waals surface area contributed by atoms with E-state index in [9.17, 15) is 9.59 Å². The molecule has 4 rings (SSSR count). The fraction of sp³-hybridized carbons (Fsp3) is 0.900. The van der Waals surface area contributed by atoms with Crippen LogP contribution in [-0.4, -0.2) is 73.0 Å². The lowest BCUT2D eigenvalue weighted by atomic mass is 9.93. The summed E-state index contributed by atoms with van der Waals surface area (Å²) >= 11 is 0. The minimum atomic E-state index is -0.433. The Kier molecular flexibility index (Phi) is 5.88. The van der Waals surface area contributed by atoms with E-state index in [0.29, 0.717) is 45.4 Å². The fourth-order valence-electron chi connectivity index (χ4n) is 4.95. The number of ether oxygens (including phenoxy) is 2. The molecule has 1 N–H and O–H groups in total. The molecule has 3 amide bonds. The molecular weight excluding hydrogens is 346 g/mol. The van der Waals surface area contributed by atoms with E-state index in [2.05, 4.69) is 5.32 Å². The molecule has 4 fully saturated rings. The highest BCUT2D eigenvalue weighted by Crippen LogP contribution is 2.32. The molecule has 3 heterocycles. The van der Waals surface area contributed by atoms with E-state index in [1.54, 1.807) is 0 Å². The summed E-state index contributed by atoms with van der Waals surface area (Å²) in [5, 5.41) is 3.19. The molecule has 0 atom stereocenters. The van der Waals surface area contributed by atoms with Gasteiger partial charge in [0.2, 0.25) is 5.91 Å². The summed E-state index contributed by atoms with van der Waals surface area (Å²) in [4.78, 5) is 29.2. The van der Waals surface area contributed by atoms with E-state index in [1.807, 2.05) is 9.80 Å². The number of urea groups is 1. The van der Waals surface area contributed by atoms with Gasteiger partial charge in [0, 0.05) is 51.0 Å². The summed E-state index contributed by atoms with van der Waals surface area (Å²) in [5.74, 6) is -0.143. The number of carbonyl (C=O) groups is 2. The number of rotatable bonds is 2. The van der Waals surface area contributed by atoms with Gasteiger partial charge >= 0.3 is 6.03 Å². The third kappa shape index (κ3) is 4.40. The van der Waals surface area contributed by atoms with Crippen LogP contribution in [0.15, 0.2) is 0 Å². The molecule has 1 spiro atoms. The molecule has 7 nitrogen and oxygen atoms in total. The van der Waals surface area contributed by atoms with Gasteiger partial charge in [0.05, 0.1) is 13.2 Å². The summed E-state index contributed by atoms with van der Waals surface area (Å²) in [5.41, 5.74) is 0. The highest BCUT2D eigenvalue weighted by Gasteiger charge is 2.42. The molecule has 152 valence electrons. The monoisotopic (exact) mass is 379 g/mol. The second kappa shape index (κ2) is 8.35. The summed E-state index contributed by atoms with van der Waals surface area (Å²) in [7, 11) is 0. The van der Waals surface area contributed by atoms with Crippen molar-refractivity contribution in [2.75, 3.05) is 39.4 Å². The first kappa shape index (κ1) is 19.0. The van der Waals surface area contributed by atoms with Gasteiger partial charge in [0.15, 0.2) is 5.79 Å². The first-order chi connectivity index (χ1) is 13.2. The summed E-state index contributed by atoms with van der Waals surface area (Å²) < 4.78 is 11.5. The van der Waals surface area contributed by atoms with Crippen LogP contribution in [0.4, 0.5) is 4.79 Å². The number of hydrogen-bond acceptors (Lipinski definition) is 4. The van der Waals surface area contributed by atoms with Gasteiger partial charge in [-0.05, 0) is 25.7 Å². The highest BCUT2D eigenvalue weighted by molar-refractivity contribution is 5.80. The van der Waals surface area contributed by atoms with Crippen molar-refractivity contribution in [2.24, 2.45) is 5.92 Å². The molecule has 0 aromatic carbocycles. The normalized spacial score (nSPS) is 27.1. The molecule has 1 saturated carbocycles. The van der Waals surface area contributed by atoms with E-state index in [-0.39, 0.29) is 17.9 Å². The molecular formula is C20H33N3O4. The van der Waals surface area contributed by atoms with E-state index in [0.717, 1.165) is 38.5 Å². The van der Waals surface area contributed by atoms with E-state index >= 15 is 0 Å². The van der Waals surface area contributed by atoms with Gasteiger partial charge in [-0.25, -0.2) is 4.79 Å². The molecule has 0 radical (unpaired) electrons. The predicted octanol–water partition coefficient (Wildman–Crippen LogP) is 2.11. The van der Waals surface area contributed by atoms with Crippen molar-refractivity contribution in [1.82, 2.24) is 15.1 Å². The highest BCUT2D eigenvalue weighted by atomic mass is 16.7. The Hall–Kier alpha value is -1.34. The van der Waals surface area contributed by atoms with Crippen molar-refractivity contribution in [3.63, 3.8) is 0 Å². The van der Waals surface area contributed by atoms with Gasteiger partial charge in [-0.15, -0.1) is 0 Å². The lowest BCUT2D eigenvalue weighted by Crippen LogP contribution is -2.52. The molecule has 0 unspecified atom stereocenters. The van der Waals surface area contributed by atoms with Crippen molar-refractivity contribution < 1.29 is 19.1 Å². The minimum absolute atomic E-state index is 0.0446. The zero-order valence-electron chi connectivity index (χ0n) is 16.3. The summed E-state index contributed by atoms with van der Waals surface area (Å²) in [6.45, 7) is 4.10. The lowest BCUT2D eigenvalue weighted by Gasteiger charge is -2.40. The van der Waals surface area contributed by atoms with Crippen molar-refractivity contribution >= 4 is 11.9 Å². The van der Waals surface area contributed by atoms with Crippen molar-refractivity contribution in [1.29, 1.82) is 0 Å². The zero-order valence-corrected chi connectivity index (χ0v) is 16.3. The van der Waals surface area contributed by atoms with E-state index in [4.69, 9.17) is 9.47 Å². The molecule has 3 saturated heterocycles. The number of piperidine rings is 2. The Morgan fingerprint density at radius 1 is 0.815 bits per heavy atom. The molecule has 0 aromatic heterocycles. The van der Waals surface area contributed by atoms with Crippen LogP contribution >= 0.6 is 0 Å². The van der Waals surface area contributed by atoms with E-state index in [1.165, 1.54) is 19.3 Å². The smallest absolute Gasteiger partial charge is 0.317 e. The minimum Gasteiger partial charge on any atom is -0.347 e. The van der Waals surface area contributed by atoms with Crippen LogP contribution < -0.4 is 5.32 Å². The number of nitrogens with one attached hydrogen (secondary N) is 1. The van der Waals surface area contributed by atoms with Gasteiger partial charge in [-0.1, -0.05) is 19.3 Å². The topological polar surface area (TPSA) is 71.1 Å². The molecule has 27 heavy (non-hydrogen) atoms. The number of carbonyl (C=O) groups excluding carboxylic acids is 2. The molecule has 4 aliphatic rings. The molecule has 0 aromatic rings. The number of hydrogen-bond donors (Lipinski definition) is 1. The maximum atomic E-state index is 12.9. The third-order valence-corrected chi connectivity index (χ3v) is 6.71. The van der Waals surface area contributed by atoms with Gasteiger partial charge in [0.25, 0.3) is 0 Å². The number of nitrogens with zero attached hydrogens (tertiary/aromatic N) is 2. The third-order valence-electron chi connectivity index (χ3n) is 6.71. The summed E-state index contributed by atoms with van der Waals surface area (Å²) in [6.07, 6.45) is 8.99. The summed E-state index contributed by atoms with van der Waals surface area (Å²) in [6, 6.07) is 0.398. The Morgan fingerprint density at radius 3 is 2.07 bits per heavy atom. The lowest BCUT2D eigenvalue weighted by molar-refractivity contribution is -0.188. The van der Waals surface area contributed by atoms with Crippen molar-refractivity contribution in [3.05, 3.63) is 0 Å². The molecule has 7 heteroatoms. The quantitative estimate of drug-likeness (QED) is 0.798. The Bertz CT molecular complexity index is 525. The number of amides is 3. The van der Waals surface area contributed by atoms with Crippen LogP contribution in [0.1, 0.15) is 57.8 Å². The first-order valence-electron chi connectivity index (χ1n) is 10.8. The second-order valence-electron chi connectivity index (χ2n) is 8.48. The van der Waals surface area contributed by atoms with Crippen LogP contribution in [0.5, 0.6) is 0 Å². The van der Waals surface area contributed by atoms with Crippen molar-refractivity contribution in [3.8, 4) is 0 Å². The Labute approximate surface area is 161 Å². The average Bonchev–Trinajstić information content (AvgIpc) is 3.17. The van der Waals surface area contributed by atoms with Crippen LogP contribution in [0.2, 0.25) is 0 Å². The molecule has 0 bridgehead atoms. The average molecular weight is 380 g/mol. The maximum absolute atomic E-state index is 12.9. The first-order valence-corrected chi connectivity index (χ1v) is 10.8. The van der Waals surface area contributed by atoms with Gasteiger partial charge < -0.3 is 24.6 Å². The van der Waals surface area contributed by atoms with Crippen LogP contribution in [0, 0.1) is 5.92 Å².